The SMILES string of the molecule is CNC(=O)[C@@](C)(C(=O)NO)N(C)C(=O)c1ccc(C#Cc2ccc([C@@H](O)COC)cc2)cc1. The first-order valence-corrected chi connectivity index (χ1v) is 10.0. The summed E-state index contributed by atoms with van der Waals surface area (Å²) in [6.45, 7) is 1.44. The third kappa shape index (κ3) is 5.75. The van der Waals surface area contributed by atoms with Crippen LogP contribution >= 0.6 is 0 Å². The second-order valence-corrected chi connectivity index (χ2v) is 7.38. The summed E-state index contributed by atoms with van der Waals surface area (Å²) in [6.07, 6.45) is -0.700. The number of nitrogens with one attached hydrogen (secondary N) is 2. The van der Waals surface area contributed by atoms with Crippen molar-refractivity contribution in [1.82, 2.24) is 15.7 Å². The third-order valence-electron chi connectivity index (χ3n) is 5.29. The molecule has 2 rings (SSSR count). The summed E-state index contributed by atoms with van der Waals surface area (Å²) in [5.41, 5.74) is 1.85. The van der Waals surface area contributed by atoms with Gasteiger partial charge in [0.25, 0.3) is 17.7 Å². The lowest BCUT2D eigenvalue weighted by molar-refractivity contribution is -0.148. The summed E-state index contributed by atoms with van der Waals surface area (Å²) in [7, 11) is 4.15. The first-order valence-electron chi connectivity index (χ1n) is 10.0. The number of nitrogens with zero attached hydrogens (tertiary/aromatic N) is 1. The van der Waals surface area contributed by atoms with Crippen LogP contribution in [0.1, 0.15) is 40.1 Å². The molecule has 0 unspecified atom stereocenters. The Morgan fingerprint density at radius 3 is 2.00 bits per heavy atom. The summed E-state index contributed by atoms with van der Waals surface area (Å²) >= 11 is 0. The Hall–Kier alpha value is -3.71. The van der Waals surface area contributed by atoms with Gasteiger partial charge in [-0.1, -0.05) is 24.0 Å². The van der Waals surface area contributed by atoms with E-state index < -0.39 is 29.4 Å². The molecule has 0 fully saturated rings. The van der Waals surface area contributed by atoms with Crippen LogP contribution in [0.2, 0.25) is 0 Å². The highest BCUT2D eigenvalue weighted by molar-refractivity contribution is 6.12. The van der Waals surface area contributed by atoms with Crippen LogP contribution < -0.4 is 10.8 Å². The van der Waals surface area contributed by atoms with E-state index in [4.69, 9.17) is 9.94 Å². The van der Waals surface area contributed by atoms with Crippen LogP contribution in [0.5, 0.6) is 0 Å². The highest BCUT2D eigenvalue weighted by Crippen LogP contribution is 2.18. The average Bonchev–Trinajstić information content (AvgIpc) is 2.85. The molecule has 0 saturated carbocycles. The number of aliphatic hydroxyl groups excluding tert-OH is 1. The van der Waals surface area contributed by atoms with Gasteiger partial charge >= 0.3 is 0 Å². The Labute approximate surface area is 192 Å². The topological polar surface area (TPSA) is 128 Å². The van der Waals surface area contributed by atoms with Gasteiger partial charge in [-0.25, -0.2) is 5.48 Å². The lowest BCUT2D eigenvalue weighted by atomic mass is 9.96. The molecule has 174 valence electrons. The number of amides is 3. The van der Waals surface area contributed by atoms with E-state index in [0.29, 0.717) is 5.56 Å². The Morgan fingerprint density at radius 1 is 1.03 bits per heavy atom. The van der Waals surface area contributed by atoms with E-state index in [9.17, 15) is 19.5 Å². The number of carbonyl (C=O) groups is 3. The molecule has 2 aromatic rings. The largest absolute Gasteiger partial charge is 0.386 e. The smallest absolute Gasteiger partial charge is 0.278 e. The van der Waals surface area contributed by atoms with Crippen LogP contribution in [0, 0.1) is 11.8 Å². The van der Waals surface area contributed by atoms with Crippen LogP contribution in [-0.2, 0) is 14.3 Å². The van der Waals surface area contributed by atoms with Crippen molar-refractivity contribution >= 4 is 17.7 Å². The number of likely N-dealkylation sites (N-methyl/N-ethyl adjacent to an activating group) is 2. The van der Waals surface area contributed by atoms with Gasteiger partial charge in [0, 0.05) is 37.9 Å². The predicted molar refractivity (Wildman–Crippen MR) is 120 cm³/mol. The van der Waals surface area contributed by atoms with Crippen LogP contribution in [0.3, 0.4) is 0 Å². The lowest BCUT2D eigenvalue weighted by Gasteiger charge is -2.34. The molecular weight excluding hydrogens is 426 g/mol. The maximum atomic E-state index is 12.9. The van der Waals surface area contributed by atoms with Gasteiger partial charge in [-0.15, -0.1) is 0 Å². The zero-order valence-corrected chi connectivity index (χ0v) is 18.9. The van der Waals surface area contributed by atoms with Crippen molar-refractivity contribution in [1.29, 1.82) is 0 Å². The van der Waals surface area contributed by atoms with E-state index >= 15 is 0 Å². The van der Waals surface area contributed by atoms with Gasteiger partial charge in [-0.05, 0) is 48.9 Å². The van der Waals surface area contributed by atoms with Crippen molar-refractivity contribution < 1.29 is 29.4 Å². The molecule has 9 nitrogen and oxygen atoms in total. The molecule has 0 aromatic heterocycles. The van der Waals surface area contributed by atoms with Crippen molar-refractivity contribution in [3.05, 3.63) is 70.8 Å². The van der Waals surface area contributed by atoms with Gasteiger partial charge in [0.1, 0.15) is 6.10 Å². The highest BCUT2D eigenvalue weighted by Gasteiger charge is 2.47. The molecule has 0 heterocycles. The number of hydrogen-bond donors (Lipinski definition) is 4. The molecule has 4 N–H and O–H groups in total. The number of hydrogen-bond acceptors (Lipinski definition) is 6. The lowest BCUT2D eigenvalue weighted by Crippen LogP contribution is -2.64. The van der Waals surface area contributed by atoms with Gasteiger partial charge in [0.2, 0.25) is 0 Å². The summed E-state index contributed by atoms with van der Waals surface area (Å²) in [4.78, 5) is 38.2. The number of hydroxylamine groups is 1. The molecule has 3 amide bonds. The minimum atomic E-state index is -1.96. The summed E-state index contributed by atoms with van der Waals surface area (Å²) in [6, 6.07) is 13.5. The van der Waals surface area contributed by atoms with E-state index in [2.05, 4.69) is 17.2 Å². The fourth-order valence-electron chi connectivity index (χ4n) is 3.04. The maximum absolute atomic E-state index is 12.9. The van der Waals surface area contributed by atoms with Crippen molar-refractivity contribution in [3.63, 3.8) is 0 Å². The van der Waals surface area contributed by atoms with Crippen LogP contribution in [-0.4, -0.2) is 66.3 Å². The molecule has 2 aromatic carbocycles. The van der Waals surface area contributed by atoms with Crippen molar-refractivity contribution in [3.8, 4) is 11.8 Å². The fraction of sp³-hybridized carbons (Fsp3) is 0.292. The molecular formula is C24H27N3O6. The van der Waals surface area contributed by atoms with Crippen LogP contribution in [0.4, 0.5) is 0 Å². The standard InChI is InChI=1S/C24H27N3O6/c1-24(22(30)25-2,23(31)26-32)27(3)21(29)19-13-9-17(10-14-19)6-5-16-7-11-18(12-8-16)20(28)15-33-4/h7-14,20,28,32H,15H2,1-4H3,(H,25,30)(H,26,31)/t20-,24-/m0/s1. The normalized spacial score (nSPS) is 13.0. The Balaban J connectivity index is 2.18. The third-order valence-corrected chi connectivity index (χ3v) is 5.29. The number of methoxy groups -OCH3 is 1. The zero-order valence-electron chi connectivity index (χ0n) is 18.9. The second-order valence-electron chi connectivity index (χ2n) is 7.38. The van der Waals surface area contributed by atoms with E-state index in [0.717, 1.165) is 16.0 Å². The molecule has 0 aliphatic rings. The zero-order chi connectivity index (χ0) is 24.6. The average molecular weight is 453 g/mol. The number of carbonyl (C=O) groups excluding carboxylic acids is 3. The fourth-order valence-corrected chi connectivity index (χ4v) is 3.04. The Morgan fingerprint density at radius 2 is 1.55 bits per heavy atom. The van der Waals surface area contributed by atoms with Crippen LogP contribution in [0.15, 0.2) is 48.5 Å². The van der Waals surface area contributed by atoms with E-state index in [1.54, 1.807) is 36.4 Å². The Bertz CT molecular complexity index is 1040. The van der Waals surface area contributed by atoms with E-state index in [1.807, 2.05) is 0 Å². The van der Waals surface area contributed by atoms with Gasteiger partial charge in [-0.3, -0.25) is 19.6 Å². The van der Waals surface area contributed by atoms with Gasteiger partial charge in [-0.2, -0.15) is 0 Å². The van der Waals surface area contributed by atoms with Crippen molar-refractivity contribution in [2.24, 2.45) is 0 Å². The molecule has 0 aliphatic carbocycles. The highest BCUT2D eigenvalue weighted by atomic mass is 16.5. The minimum absolute atomic E-state index is 0.207. The molecule has 9 heteroatoms. The van der Waals surface area contributed by atoms with E-state index in [1.165, 1.54) is 45.7 Å². The predicted octanol–water partition coefficient (Wildman–Crippen LogP) is 0.848. The van der Waals surface area contributed by atoms with Gasteiger partial charge in [0.05, 0.1) is 6.61 Å². The maximum Gasteiger partial charge on any atom is 0.278 e. The molecule has 0 saturated heterocycles. The molecule has 0 bridgehead atoms. The number of rotatable bonds is 7. The summed E-state index contributed by atoms with van der Waals surface area (Å²) < 4.78 is 4.93. The van der Waals surface area contributed by atoms with Crippen molar-refractivity contribution in [2.75, 3.05) is 27.8 Å². The summed E-state index contributed by atoms with van der Waals surface area (Å²) in [5.74, 6) is 3.61. The second kappa shape index (κ2) is 11.2. The summed E-state index contributed by atoms with van der Waals surface area (Å²) in [5, 5.41) is 21.3. The molecule has 0 aliphatic heterocycles. The quantitative estimate of drug-likeness (QED) is 0.213. The van der Waals surface area contributed by atoms with Crippen molar-refractivity contribution in [2.45, 2.75) is 18.6 Å². The molecule has 0 radical (unpaired) electrons. The van der Waals surface area contributed by atoms with Gasteiger partial charge in [0.15, 0.2) is 5.54 Å². The number of ether oxygens (including phenoxy) is 1. The molecule has 2 atom stereocenters. The van der Waals surface area contributed by atoms with Crippen LogP contribution in [0.25, 0.3) is 0 Å². The Kier molecular flexibility index (Phi) is 8.70. The number of benzene rings is 2. The monoisotopic (exact) mass is 453 g/mol. The minimum Gasteiger partial charge on any atom is -0.386 e. The number of aliphatic hydroxyl groups is 1. The molecule has 33 heavy (non-hydrogen) atoms. The first kappa shape index (κ1) is 25.5. The molecule has 0 spiro atoms. The van der Waals surface area contributed by atoms with Gasteiger partial charge < -0.3 is 20.1 Å². The first-order chi connectivity index (χ1) is 15.7. The van der Waals surface area contributed by atoms with E-state index in [-0.39, 0.29) is 12.2 Å².